The highest BCUT2D eigenvalue weighted by Gasteiger charge is 2.16. The molecule has 6 heteroatoms. The van der Waals surface area contributed by atoms with E-state index in [4.69, 9.17) is 23.2 Å². The normalized spacial score (nSPS) is 10.3. The summed E-state index contributed by atoms with van der Waals surface area (Å²) in [5.41, 5.74) is 2.87. The van der Waals surface area contributed by atoms with Crippen LogP contribution in [0.4, 0.5) is 5.69 Å². The van der Waals surface area contributed by atoms with Crippen LogP contribution in [0.15, 0.2) is 73.1 Å². The lowest BCUT2D eigenvalue weighted by Crippen LogP contribution is -2.13. The Morgan fingerprint density at radius 3 is 2.45 bits per heavy atom. The number of fused-ring (bicyclic) bond motifs is 1. The summed E-state index contributed by atoms with van der Waals surface area (Å²) in [6.07, 6.45) is 3.36. The SMILES string of the molecule is O=C(Nc1cccc2cc(C#Cc3ccccn3)cnc12)c1c(Cl)cccc1Cl. The van der Waals surface area contributed by atoms with E-state index in [1.807, 2.05) is 36.4 Å². The van der Waals surface area contributed by atoms with Gasteiger partial charge in [0.25, 0.3) is 5.91 Å². The number of hydrogen-bond donors (Lipinski definition) is 1. The first-order valence-electron chi connectivity index (χ1n) is 8.69. The second kappa shape index (κ2) is 8.32. The number of pyridine rings is 2. The third-order valence-electron chi connectivity index (χ3n) is 4.15. The lowest BCUT2D eigenvalue weighted by Gasteiger charge is -2.10. The van der Waals surface area contributed by atoms with Gasteiger partial charge < -0.3 is 5.32 Å². The van der Waals surface area contributed by atoms with Crippen molar-refractivity contribution in [1.29, 1.82) is 0 Å². The van der Waals surface area contributed by atoms with Gasteiger partial charge in [0, 0.05) is 23.3 Å². The van der Waals surface area contributed by atoms with E-state index in [-0.39, 0.29) is 15.6 Å². The maximum absolute atomic E-state index is 12.7. The second-order valence-corrected chi connectivity index (χ2v) is 6.93. The molecule has 2 aromatic carbocycles. The van der Waals surface area contributed by atoms with Crippen molar-refractivity contribution in [1.82, 2.24) is 9.97 Å². The Labute approximate surface area is 177 Å². The fraction of sp³-hybridized carbons (Fsp3) is 0. The number of hydrogen-bond acceptors (Lipinski definition) is 3. The van der Waals surface area contributed by atoms with Crippen LogP contribution < -0.4 is 5.32 Å². The molecule has 0 aliphatic heterocycles. The molecule has 29 heavy (non-hydrogen) atoms. The zero-order valence-corrected chi connectivity index (χ0v) is 16.5. The molecule has 0 unspecified atom stereocenters. The molecule has 4 nitrogen and oxygen atoms in total. The highest BCUT2D eigenvalue weighted by atomic mass is 35.5. The Kier molecular flexibility index (Phi) is 5.44. The number of carbonyl (C=O) groups is 1. The lowest BCUT2D eigenvalue weighted by atomic mass is 10.1. The summed E-state index contributed by atoms with van der Waals surface area (Å²) in [7, 11) is 0. The number of rotatable bonds is 2. The number of carbonyl (C=O) groups excluding carboxylic acids is 1. The Morgan fingerprint density at radius 1 is 0.897 bits per heavy atom. The quantitative estimate of drug-likeness (QED) is 0.432. The molecule has 4 rings (SSSR count). The highest BCUT2D eigenvalue weighted by Crippen LogP contribution is 2.27. The van der Waals surface area contributed by atoms with Crippen molar-refractivity contribution in [3.8, 4) is 11.8 Å². The molecule has 0 radical (unpaired) electrons. The van der Waals surface area contributed by atoms with E-state index in [1.54, 1.807) is 36.7 Å². The fourth-order valence-corrected chi connectivity index (χ4v) is 3.37. The van der Waals surface area contributed by atoms with Gasteiger partial charge in [0.05, 0.1) is 26.8 Å². The topological polar surface area (TPSA) is 54.9 Å². The summed E-state index contributed by atoms with van der Waals surface area (Å²) in [5, 5.41) is 4.27. The number of halogens is 2. The predicted octanol–water partition coefficient (Wildman–Crippen LogP) is 5.59. The minimum absolute atomic E-state index is 0.227. The Bertz CT molecular complexity index is 1260. The van der Waals surface area contributed by atoms with E-state index < -0.39 is 5.91 Å². The molecule has 2 aromatic heterocycles. The first-order chi connectivity index (χ1) is 14.1. The van der Waals surface area contributed by atoms with Crippen LogP contribution in [-0.4, -0.2) is 15.9 Å². The molecule has 4 aromatic rings. The third kappa shape index (κ3) is 4.22. The molecule has 0 atom stereocenters. The number of nitrogens with one attached hydrogen (secondary N) is 1. The lowest BCUT2D eigenvalue weighted by molar-refractivity contribution is 0.102. The molecule has 0 fully saturated rings. The summed E-state index contributed by atoms with van der Waals surface area (Å²) in [5.74, 6) is 5.67. The van der Waals surface area contributed by atoms with E-state index in [0.29, 0.717) is 16.9 Å². The zero-order valence-electron chi connectivity index (χ0n) is 15.0. The average molecular weight is 418 g/mol. The number of amides is 1. The number of benzene rings is 2. The summed E-state index contributed by atoms with van der Waals surface area (Å²) < 4.78 is 0. The summed E-state index contributed by atoms with van der Waals surface area (Å²) in [6, 6.07) is 17.9. The highest BCUT2D eigenvalue weighted by molar-refractivity contribution is 6.40. The minimum atomic E-state index is -0.395. The fourth-order valence-electron chi connectivity index (χ4n) is 2.80. The van der Waals surface area contributed by atoms with E-state index in [2.05, 4.69) is 27.1 Å². The minimum Gasteiger partial charge on any atom is -0.320 e. The van der Waals surface area contributed by atoms with Crippen LogP contribution in [0.1, 0.15) is 21.6 Å². The molecule has 0 saturated heterocycles. The van der Waals surface area contributed by atoms with Crippen molar-refractivity contribution in [2.75, 3.05) is 5.32 Å². The molecule has 140 valence electrons. The van der Waals surface area contributed by atoms with Gasteiger partial charge in [-0.3, -0.25) is 9.78 Å². The van der Waals surface area contributed by atoms with E-state index in [0.717, 1.165) is 10.9 Å². The average Bonchev–Trinajstić information content (AvgIpc) is 2.73. The van der Waals surface area contributed by atoms with Crippen LogP contribution in [0.3, 0.4) is 0 Å². The second-order valence-electron chi connectivity index (χ2n) is 6.12. The molecule has 2 heterocycles. The van der Waals surface area contributed by atoms with Crippen molar-refractivity contribution < 1.29 is 4.79 Å². The van der Waals surface area contributed by atoms with Crippen molar-refractivity contribution in [2.45, 2.75) is 0 Å². The molecule has 0 saturated carbocycles. The smallest absolute Gasteiger partial charge is 0.258 e. The van der Waals surface area contributed by atoms with Crippen LogP contribution in [0.25, 0.3) is 10.9 Å². The van der Waals surface area contributed by atoms with Crippen molar-refractivity contribution in [3.05, 3.63) is 99.9 Å². The Balaban J connectivity index is 1.65. The summed E-state index contributed by atoms with van der Waals surface area (Å²) >= 11 is 12.3. The van der Waals surface area contributed by atoms with Crippen molar-refractivity contribution in [2.24, 2.45) is 0 Å². The standard InChI is InChI=1S/C23H13Cl2N3O/c24-18-7-4-8-19(25)21(18)23(29)28-20-9-3-5-16-13-15(14-27-22(16)20)10-11-17-6-1-2-12-26-17/h1-9,12-14H,(H,28,29). The van der Waals surface area contributed by atoms with Gasteiger partial charge in [-0.2, -0.15) is 0 Å². The van der Waals surface area contributed by atoms with Gasteiger partial charge in [0.15, 0.2) is 0 Å². The molecule has 0 spiro atoms. The van der Waals surface area contributed by atoms with Crippen LogP contribution in [0, 0.1) is 11.8 Å². The van der Waals surface area contributed by atoms with Gasteiger partial charge in [-0.15, -0.1) is 0 Å². The van der Waals surface area contributed by atoms with E-state index in [1.165, 1.54) is 0 Å². The van der Waals surface area contributed by atoms with Gasteiger partial charge >= 0.3 is 0 Å². The monoisotopic (exact) mass is 417 g/mol. The summed E-state index contributed by atoms with van der Waals surface area (Å²) in [6.45, 7) is 0. The van der Waals surface area contributed by atoms with Gasteiger partial charge in [0.1, 0.15) is 5.69 Å². The first kappa shape index (κ1) is 18.9. The number of anilines is 1. The number of para-hydroxylation sites is 1. The molecule has 0 aliphatic rings. The molecule has 1 N–H and O–H groups in total. The number of aromatic nitrogens is 2. The molecular formula is C23H13Cl2N3O. The third-order valence-corrected chi connectivity index (χ3v) is 4.78. The van der Waals surface area contributed by atoms with Crippen molar-refractivity contribution in [3.63, 3.8) is 0 Å². The van der Waals surface area contributed by atoms with Gasteiger partial charge in [-0.25, -0.2) is 4.98 Å². The molecule has 1 amide bonds. The molecule has 0 aliphatic carbocycles. The van der Waals surface area contributed by atoms with Crippen LogP contribution in [0.5, 0.6) is 0 Å². The van der Waals surface area contributed by atoms with Gasteiger partial charge in [-0.1, -0.05) is 53.4 Å². The molecular weight excluding hydrogens is 405 g/mol. The largest absolute Gasteiger partial charge is 0.320 e. The van der Waals surface area contributed by atoms with Crippen LogP contribution in [-0.2, 0) is 0 Å². The van der Waals surface area contributed by atoms with Crippen molar-refractivity contribution >= 4 is 45.7 Å². The van der Waals surface area contributed by atoms with Crippen LogP contribution in [0.2, 0.25) is 10.0 Å². The zero-order chi connectivity index (χ0) is 20.2. The van der Waals surface area contributed by atoms with Crippen LogP contribution >= 0.6 is 23.2 Å². The molecule has 0 bridgehead atoms. The van der Waals surface area contributed by atoms with E-state index in [9.17, 15) is 4.79 Å². The maximum atomic E-state index is 12.7. The predicted molar refractivity (Wildman–Crippen MR) is 116 cm³/mol. The Morgan fingerprint density at radius 2 is 1.69 bits per heavy atom. The first-order valence-corrected chi connectivity index (χ1v) is 9.44. The van der Waals surface area contributed by atoms with E-state index >= 15 is 0 Å². The Hall–Kier alpha value is -3.39. The van der Waals surface area contributed by atoms with Gasteiger partial charge in [0.2, 0.25) is 0 Å². The maximum Gasteiger partial charge on any atom is 0.258 e. The summed E-state index contributed by atoms with van der Waals surface area (Å²) in [4.78, 5) is 21.4. The number of nitrogens with zero attached hydrogens (tertiary/aromatic N) is 2. The van der Waals surface area contributed by atoms with Gasteiger partial charge in [-0.05, 0) is 42.3 Å².